The van der Waals surface area contributed by atoms with Crippen molar-refractivity contribution in [3.63, 3.8) is 0 Å². The van der Waals surface area contributed by atoms with Crippen LogP contribution >= 0.6 is 12.4 Å². The van der Waals surface area contributed by atoms with E-state index in [2.05, 4.69) is 26.3 Å². The highest BCUT2D eigenvalue weighted by Gasteiger charge is 2.27. The molecule has 4 aromatic heterocycles. The van der Waals surface area contributed by atoms with E-state index >= 15 is 0 Å². The maximum atomic E-state index is 12.8. The monoisotopic (exact) mass is 554 g/mol. The molecule has 0 radical (unpaired) electrons. The van der Waals surface area contributed by atoms with Crippen molar-refractivity contribution < 1.29 is 9.90 Å². The second kappa shape index (κ2) is 11.2. The van der Waals surface area contributed by atoms with Gasteiger partial charge in [-0.3, -0.25) is 9.89 Å². The lowest BCUT2D eigenvalue weighted by atomic mass is 10.0. The fraction of sp³-hybridized carbons (Fsp3) is 0.207. The van der Waals surface area contributed by atoms with Crippen molar-refractivity contribution in [1.82, 2.24) is 29.7 Å². The fourth-order valence-corrected chi connectivity index (χ4v) is 5.06. The van der Waals surface area contributed by atoms with Gasteiger partial charge in [0.15, 0.2) is 6.10 Å². The molecule has 1 aliphatic heterocycles. The minimum absolute atomic E-state index is 0. The number of piperazine rings is 1. The van der Waals surface area contributed by atoms with Crippen molar-refractivity contribution in [2.75, 3.05) is 31.1 Å². The van der Waals surface area contributed by atoms with Crippen molar-refractivity contribution >= 4 is 29.6 Å². The number of nitriles is 1. The third-order valence-electron chi connectivity index (χ3n) is 7.20. The number of nitrogens with one attached hydrogen (secondary N) is 1. The van der Waals surface area contributed by atoms with Crippen molar-refractivity contribution in [3.05, 3.63) is 90.1 Å². The molecule has 1 saturated heterocycles. The Hall–Kier alpha value is -4.72. The van der Waals surface area contributed by atoms with Gasteiger partial charge in [-0.2, -0.15) is 15.5 Å². The van der Waals surface area contributed by atoms with Crippen LogP contribution in [0.1, 0.15) is 22.9 Å². The number of carbonyl (C=O) groups excluding carboxylic acids is 1. The number of aromatic amines is 1. The van der Waals surface area contributed by atoms with Crippen LogP contribution in [0.2, 0.25) is 0 Å². The van der Waals surface area contributed by atoms with E-state index in [1.807, 2.05) is 61.9 Å². The first-order valence-corrected chi connectivity index (χ1v) is 12.7. The predicted octanol–water partition coefficient (Wildman–Crippen LogP) is 3.77. The number of pyridine rings is 2. The zero-order valence-electron chi connectivity index (χ0n) is 21.7. The minimum atomic E-state index is -1.16. The van der Waals surface area contributed by atoms with Gasteiger partial charge in [0.1, 0.15) is 11.9 Å². The van der Waals surface area contributed by atoms with Gasteiger partial charge in [0.25, 0.3) is 5.91 Å². The second-order valence-electron chi connectivity index (χ2n) is 9.52. The summed E-state index contributed by atoms with van der Waals surface area (Å²) in [7, 11) is 0. The van der Waals surface area contributed by atoms with Crippen LogP contribution in [-0.2, 0) is 4.79 Å². The van der Waals surface area contributed by atoms with Crippen LogP contribution in [0.4, 0.5) is 5.82 Å². The van der Waals surface area contributed by atoms with E-state index in [1.165, 1.54) is 0 Å². The number of carbonyl (C=O) groups is 1. The molecule has 1 aromatic carbocycles. The number of fused-ring (bicyclic) bond motifs is 1. The number of amides is 1. The molecule has 0 spiro atoms. The van der Waals surface area contributed by atoms with E-state index < -0.39 is 6.10 Å². The minimum Gasteiger partial charge on any atom is -0.378 e. The molecule has 1 fully saturated rings. The summed E-state index contributed by atoms with van der Waals surface area (Å²) in [6.07, 6.45) is 5.97. The number of aliphatic hydroxyl groups excluding tert-OH is 1. The number of hydrogen-bond acceptors (Lipinski definition) is 7. The molecule has 1 amide bonds. The molecule has 0 aliphatic carbocycles. The molecule has 11 heteroatoms. The highest BCUT2D eigenvalue weighted by molar-refractivity contribution is 5.88. The van der Waals surface area contributed by atoms with Gasteiger partial charge in [-0.1, -0.05) is 30.3 Å². The van der Waals surface area contributed by atoms with Gasteiger partial charge in [-0.05, 0) is 30.7 Å². The van der Waals surface area contributed by atoms with Gasteiger partial charge in [0, 0.05) is 67.0 Å². The van der Waals surface area contributed by atoms with E-state index in [0.29, 0.717) is 37.3 Å². The lowest BCUT2D eigenvalue weighted by molar-refractivity contribution is -0.140. The molecule has 10 nitrogen and oxygen atoms in total. The Labute approximate surface area is 236 Å². The standard InChI is InChI=1S/C29H26N8O2.ClH/c1-19-25(17-32-34-19)22-13-24(27-23(14-30)16-33-37(27)18-22)21-7-8-26(31-15-21)35-9-11-36(12-10-35)29(39)28(38)20-5-3-2-4-6-20;/h2-8,13,15-18,28,38H,9-12H2,1H3,(H,32,34);1H/t28-;/m1./s1. The van der Waals surface area contributed by atoms with E-state index in [4.69, 9.17) is 4.98 Å². The number of aliphatic hydroxyl groups is 1. The first-order valence-electron chi connectivity index (χ1n) is 12.7. The largest absolute Gasteiger partial charge is 0.378 e. The number of anilines is 1. The van der Waals surface area contributed by atoms with Gasteiger partial charge in [-0.25, -0.2) is 9.50 Å². The van der Waals surface area contributed by atoms with Crippen LogP contribution in [-0.4, -0.2) is 66.9 Å². The molecule has 0 saturated carbocycles. The third kappa shape index (κ3) is 4.88. The maximum Gasteiger partial charge on any atom is 0.256 e. The summed E-state index contributed by atoms with van der Waals surface area (Å²) in [6, 6.07) is 17.2. The molecule has 2 N–H and O–H groups in total. The van der Waals surface area contributed by atoms with Gasteiger partial charge in [-0.15, -0.1) is 12.4 Å². The first kappa shape index (κ1) is 26.9. The summed E-state index contributed by atoms with van der Waals surface area (Å²) < 4.78 is 1.73. The summed E-state index contributed by atoms with van der Waals surface area (Å²) in [5.41, 5.74) is 6.29. The molecular formula is C29H27ClN8O2. The highest BCUT2D eigenvalue weighted by Crippen LogP contribution is 2.33. The van der Waals surface area contributed by atoms with Crippen molar-refractivity contribution in [1.29, 1.82) is 5.26 Å². The van der Waals surface area contributed by atoms with E-state index in [9.17, 15) is 15.2 Å². The molecule has 1 atom stereocenters. The molecule has 202 valence electrons. The van der Waals surface area contributed by atoms with Crippen LogP contribution in [0.5, 0.6) is 0 Å². The number of nitrogens with zero attached hydrogens (tertiary/aromatic N) is 7. The molecule has 0 unspecified atom stereocenters. The second-order valence-corrected chi connectivity index (χ2v) is 9.52. The summed E-state index contributed by atoms with van der Waals surface area (Å²) in [6.45, 7) is 4.16. The Kier molecular flexibility index (Phi) is 7.51. The number of H-pyrrole nitrogens is 1. The average Bonchev–Trinajstić information content (AvgIpc) is 3.62. The summed E-state index contributed by atoms with van der Waals surface area (Å²) in [5, 5.41) is 31.7. The molecular weight excluding hydrogens is 528 g/mol. The Morgan fingerprint density at radius 2 is 1.82 bits per heavy atom. The zero-order chi connectivity index (χ0) is 26.9. The van der Waals surface area contributed by atoms with Crippen molar-refractivity contribution in [2.24, 2.45) is 0 Å². The van der Waals surface area contributed by atoms with Crippen LogP contribution in [0.15, 0.2) is 73.3 Å². The average molecular weight is 555 g/mol. The molecule has 1 aliphatic rings. The molecule has 5 heterocycles. The number of rotatable bonds is 5. The fourth-order valence-electron chi connectivity index (χ4n) is 5.06. The van der Waals surface area contributed by atoms with Crippen molar-refractivity contribution in [2.45, 2.75) is 13.0 Å². The normalized spacial score (nSPS) is 14.0. The number of hydrogen-bond donors (Lipinski definition) is 2. The van der Waals surface area contributed by atoms with Crippen LogP contribution in [0, 0.1) is 18.3 Å². The Morgan fingerprint density at radius 3 is 2.48 bits per heavy atom. The Morgan fingerprint density at radius 1 is 1.05 bits per heavy atom. The van der Waals surface area contributed by atoms with E-state index in [0.717, 1.165) is 39.3 Å². The van der Waals surface area contributed by atoms with Gasteiger partial charge in [0.2, 0.25) is 0 Å². The topological polar surface area (TPSA) is 126 Å². The zero-order valence-corrected chi connectivity index (χ0v) is 22.5. The first-order chi connectivity index (χ1) is 19.0. The van der Waals surface area contributed by atoms with Gasteiger partial charge in [0.05, 0.1) is 23.0 Å². The number of halogens is 1. The lowest BCUT2D eigenvalue weighted by Gasteiger charge is -2.36. The van der Waals surface area contributed by atoms with Crippen LogP contribution in [0.25, 0.3) is 27.8 Å². The summed E-state index contributed by atoms with van der Waals surface area (Å²) >= 11 is 0. The highest BCUT2D eigenvalue weighted by atomic mass is 35.5. The van der Waals surface area contributed by atoms with Crippen LogP contribution in [0.3, 0.4) is 0 Å². The molecule has 5 aromatic rings. The van der Waals surface area contributed by atoms with Crippen molar-refractivity contribution in [3.8, 4) is 28.3 Å². The Bertz CT molecular complexity index is 1680. The van der Waals surface area contributed by atoms with Crippen LogP contribution < -0.4 is 4.90 Å². The maximum absolute atomic E-state index is 12.8. The smallest absolute Gasteiger partial charge is 0.256 e. The van der Waals surface area contributed by atoms with E-state index in [1.54, 1.807) is 27.7 Å². The summed E-state index contributed by atoms with van der Waals surface area (Å²) in [4.78, 5) is 21.4. The molecule has 6 rings (SSSR count). The quantitative estimate of drug-likeness (QED) is 0.338. The molecule has 40 heavy (non-hydrogen) atoms. The van der Waals surface area contributed by atoms with Gasteiger partial charge >= 0.3 is 0 Å². The summed E-state index contributed by atoms with van der Waals surface area (Å²) in [5.74, 6) is 0.524. The SMILES string of the molecule is Cc1n[nH]cc1-c1cc(-c2ccc(N3CCN(C(=O)[C@H](O)c4ccccc4)CC3)nc2)c2c(C#N)cnn2c1.Cl. The third-order valence-corrected chi connectivity index (χ3v) is 7.20. The van der Waals surface area contributed by atoms with E-state index in [-0.39, 0.29) is 18.3 Å². The van der Waals surface area contributed by atoms with Gasteiger partial charge < -0.3 is 14.9 Å². The number of aryl methyl sites for hydroxylation is 1. The number of aromatic nitrogens is 5. The predicted molar refractivity (Wildman–Crippen MR) is 153 cm³/mol. The molecule has 0 bridgehead atoms. The Balaban J connectivity index is 0.00000323. The number of benzene rings is 1. The lowest BCUT2D eigenvalue weighted by Crippen LogP contribution is -2.50.